The SMILES string of the molecule is CC(C)N1CC(C(=O)NCCNS(=O)(=O)c2ccc(Br)cc2)CC1=O. The van der Waals surface area contributed by atoms with E-state index in [9.17, 15) is 18.0 Å². The lowest BCUT2D eigenvalue weighted by molar-refractivity contribution is -0.129. The van der Waals surface area contributed by atoms with Crippen LogP contribution >= 0.6 is 15.9 Å². The van der Waals surface area contributed by atoms with Gasteiger partial charge in [-0.2, -0.15) is 0 Å². The van der Waals surface area contributed by atoms with Crippen LogP contribution in [0.25, 0.3) is 0 Å². The van der Waals surface area contributed by atoms with Gasteiger partial charge in [-0.05, 0) is 38.1 Å². The highest BCUT2D eigenvalue weighted by molar-refractivity contribution is 9.10. The molecule has 0 bridgehead atoms. The molecule has 9 heteroatoms. The van der Waals surface area contributed by atoms with Crippen LogP contribution in [0.1, 0.15) is 20.3 Å². The zero-order chi connectivity index (χ0) is 18.6. The first kappa shape index (κ1) is 19.9. The van der Waals surface area contributed by atoms with E-state index in [0.29, 0.717) is 6.54 Å². The standard InChI is InChI=1S/C16H22BrN3O4S/c1-11(2)20-10-12(9-15(20)21)16(22)18-7-8-19-25(23,24)14-5-3-13(17)4-6-14/h3-6,11-12,19H,7-10H2,1-2H3,(H,18,22). The summed E-state index contributed by atoms with van der Waals surface area (Å²) in [5.74, 6) is -0.622. The maximum Gasteiger partial charge on any atom is 0.240 e. The molecule has 0 saturated carbocycles. The van der Waals surface area contributed by atoms with Crippen molar-refractivity contribution in [2.75, 3.05) is 19.6 Å². The second-order valence-electron chi connectivity index (χ2n) is 6.18. The van der Waals surface area contributed by atoms with Gasteiger partial charge in [0.05, 0.1) is 10.8 Å². The number of nitrogens with one attached hydrogen (secondary N) is 2. The van der Waals surface area contributed by atoms with E-state index in [2.05, 4.69) is 26.0 Å². The molecule has 7 nitrogen and oxygen atoms in total. The summed E-state index contributed by atoms with van der Waals surface area (Å²) in [6.07, 6.45) is 0.203. The van der Waals surface area contributed by atoms with Gasteiger partial charge in [0.25, 0.3) is 0 Å². The van der Waals surface area contributed by atoms with Crippen LogP contribution in [0.5, 0.6) is 0 Å². The number of benzene rings is 1. The number of carbonyl (C=O) groups excluding carboxylic acids is 2. The zero-order valence-electron chi connectivity index (χ0n) is 14.2. The summed E-state index contributed by atoms with van der Waals surface area (Å²) in [6, 6.07) is 6.36. The lowest BCUT2D eigenvalue weighted by Crippen LogP contribution is -2.39. The lowest BCUT2D eigenvalue weighted by Gasteiger charge is -2.20. The van der Waals surface area contributed by atoms with Gasteiger partial charge < -0.3 is 10.2 Å². The monoisotopic (exact) mass is 431 g/mol. The summed E-state index contributed by atoms with van der Waals surface area (Å²) in [6.45, 7) is 4.48. The second kappa shape index (κ2) is 8.29. The first-order valence-corrected chi connectivity index (χ1v) is 10.3. The second-order valence-corrected chi connectivity index (χ2v) is 8.87. The molecule has 1 saturated heterocycles. The van der Waals surface area contributed by atoms with Crippen LogP contribution in [-0.2, 0) is 19.6 Å². The quantitative estimate of drug-likeness (QED) is 0.631. The number of likely N-dealkylation sites (tertiary alicyclic amines) is 1. The fraction of sp³-hybridized carbons (Fsp3) is 0.500. The fourth-order valence-electron chi connectivity index (χ4n) is 2.62. The summed E-state index contributed by atoms with van der Waals surface area (Å²) in [5, 5.41) is 2.69. The minimum absolute atomic E-state index is 0.0221. The van der Waals surface area contributed by atoms with Crippen LogP contribution in [-0.4, -0.2) is 50.8 Å². The number of halogens is 1. The summed E-state index contributed by atoms with van der Waals surface area (Å²) in [7, 11) is -3.61. The van der Waals surface area contributed by atoms with Gasteiger partial charge in [-0.15, -0.1) is 0 Å². The Morgan fingerprint density at radius 3 is 2.48 bits per heavy atom. The van der Waals surface area contributed by atoms with Gasteiger partial charge >= 0.3 is 0 Å². The van der Waals surface area contributed by atoms with Gasteiger partial charge in [-0.1, -0.05) is 15.9 Å². The molecule has 1 atom stereocenters. The number of hydrogen-bond acceptors (Lipinski definition) is 4. The molecule has 1 aromatic rings. The lowest BCUT2D eigenvalue weighted by atomic mass is 10.1. The highest BCUT2D eigenvalue weighted by Gasteiger charge is 2.35. The van der Waals surface area contributed by atoms with Gasteiger partial charge in [-0.3, -0.25) is 9.59 Å². The van der Waals surface area contributed by atoms with Crippen LogP contribution in [0.2, 0.25) is 0 Å². The van der Waals surface area contributed by atoms with E-state index < -0.39 is 10.0 Å². The third-order valence-corrected chi connectivity index (χ3v) is 6.00. The van der Waals surface area contributed by atoms with Crippen molar-refractivity contribution in [2.24, 2.45) is 5.92 Å². The van der Waals surface area contributed by atoms with Crippen LogP contribution in [0, 0.1) is 5.92 Å². The minimum Gasteiger partial charge on any atom is -0.354 e. The van der Waals surface area contributed by atoms with Gasteiger partial charge in [0.2, 0.25) is 21.8 Å². The van der Waals surface area contributed by atoms with E-state index >= 15 is 0 Å². The molecule has 0 spiro atoms. The molecule has 2 N–H and O–H groups in total. The van der Waals surface area contributed by atoms with Crippen LogP contribution in [0.3, 0.4) is 0 Å². The number of carbonyl (C=O) groups is 2. The number of hydrogen-bond donors (Lipinski definition) is 2. The molecule has 2 rings (SSSR count). The highest BCUT2D eigenvalue weighted by Crippen LogP contribution is 2.20. The van der Waals surface area contributed by atoms with Crippen molar-refractivity contribution >= 4 is 37.8 Å². The number of sulfonamides is 1. The molecule has 1 heterocycles. The first-order chi connectivity index (χ1) is 11.7. The smallest absolute Gasteiger partial charge is 0.240 e. The molecule has 2 amide bonds. The average Bonchev–Trinajstić information content (AvgIpc) is 2.94. The molecule has 25 heavy (non-hydrogen) atoms. The predicted molar refractivity (Wildman–Crippen MR) is 97.3 cm³/mol. The van der Waals surface area contributed by atoms with Crippen molar-refractivity contribution in [1.29, 1.82) is 0 Å². The Labute approximate surface area is 156 Å². The molecule has 1 aromatic carbocycles. The molecule has 0 aromatic heterocycles. The third-order valence-electron chi connectivity index (χ3n) is 3.99. The maximum atomic E-state index is 12.1. The Bertz CT molecular complexity index is 734. The van der Waals surface area contributed by atoms with Crippen LogP contribution in [0.4, 0.5) is 0 Å². The van der Waals surface area contributed by atoms with Crippen molar-refractivity contribution in [3.05, 3.63) is 28.7 Å². The molecule has 1 unspecified atom stereocenters. The van der Waals surface area contributed by atoms with Crippen molar-refractivity contribution < 1.29 is 18.0 Å². The highest BCUT2D eigenvalue weighted by atomic mass is 79.9. The number of amides is 2. The Balaban J connectivity index is 1.78. The zero-order valence-corrected chi connectivity index (χ0v) is 16.6. The third kappa shape index (κ3) is 5.26. The molecule has 0 radical (unpaired) electrons. The topological polar surface area (TPSA) is 95.6 Å². The van der Waals surface area contributed by atoms with E-state index in [-0.39, 0.29) is 48.2 Å². The Morgan fingerprint density at radius 2 is 1.92 bits per heavy atom. The molecular weight excluding hydrogens is 410 g/mol. The van der Waals surface area contributed by atoms with E-state index in [1.165, 1.54) is 12.1 Å². The van der Waals surface area contributed by atoms with E-state index in [4.69, 9.17) is 0 Å². The summed E-state index contributed by atoms with van der Waals surface area (Å²) < 4.78 is 27.5. The maximum absolute atomic E-state index is 12.1. The minimum atomic E-state index is -3.61. The number of rotatable bonds is 7. The normalized spacial score (nSPS) is 18.0. The molecule has 0 aliphatic carbocycles. The summed E-state index contributed by atoms with van der Waals surface area (Å²) >= 11 is 3.25. The average molecular weight is 432 g/mol. The molecule has 138 valence electrons. The van der Waals surface area contributed by atoms with Crippen molar-refractivity contribution in [3.8, 4) is 0 Å². The fourth-order valence-corrected chi connectivity index (χ4v) is 3.91. The molecule has 1 aliphatic heterocycles. The largest absolute Gasteiger partial charge is 0.354 e. The Hall–Kier alpha value is -1.45. The Morgan fingerprint density at radius 1 is 1.28 bits per heavy atom. The van der Waals surface area contributed by atoms with Gasteiger partial charge in [0.15, 0.2) is 0 Å². The summed E-state index contributed by atoms with van der Waals surface area (Å²) in [4.78, 5) is 25.8. The Kier molecular flexibility index (Phi) is 6.59. The van der Waals surface area contributed by atoms with Crippen molar-refractivity contribution in [1.82, 2.24) is 14.9 Å². The van der Waals surface area contributed by atoms with Crippen LogP contribution in [0.15, 0.2) is 33.6 Å². The van der Waals surface area contributed by atoms with Gasteiger partial charge in [0, 0.05) is 36.6 Å². The van der Waals surface area contributed by atoms with Crippen molar-refractivity contribution in [3.63, 3.8) is 0 Å². The summed E-state index contributed by atoms with van der Waals surface area (Å²) in [5.41, 5.74) is 0. The number of nitrogens with zero attached hydrogens (tertiary/aromatic N) is 1. The molecule has 1 fully saturated rings. The van der Waals surface area contributed by atoms with E-state index in [0.717, 1.165) is 4.47 Å². The van der Waals surface area contributed by atoms with E-state index in [1.54, 1.807) is 17.0 Å². The predicted octanol–water partition coefficient (Wildman–Crippen LogP) is 1.10. The molecular formula is C16H22BrN3O4S. The van der Waals surface area contributed by atoms with E-state index in [1.807, 2.05) is 13.8 Å². The van der Waals surface area contributed by atoms with Crippen LogP contribution < -0.4 is 10.0 Å². The molecule has 1 aliphatic rings. The first-order valence-electron chi connectivity index (χ1n) is 8.03. The van der Waals surface area contributed by atoms with Gasteiger partial charge in [-0.25, -0.2) is 13.1 Å². The van der Waals surface area contributed by atoms with Crippen molar-refractivity contribution in [2.45, 2.75) is 31.2 Å². The van der Waals surface area contributed by atoms with Gasteiger partial charge in [0.1, 0.15) is 0 Å².